The first-order chi connectivity index (χ1) is 21.6. The number of aliphatic hydroxyl groups excluding tert-OH is 1. The molecule has 238 valence electrons. The predicted molar refractivity (Wildman–Crippen MR) is 171 cm³/mol. The van der Waals surface area contributed by atoms with Gasteiger partial charge in [0, 0.05) is 18.7 Å². The fourth-order valence-electron chi connectivity index (χ4n) is 5.44. The monoisotopic (exact) mass is 614 g/mol. The molecule has 0 spiro atoms. The number of carbonyl (C=O) groups excluding carboxylic acids is 4. The highest BCUT2D eigenvalue weighted by Gasteiger charge is 2.38. The van der Waals surface area contributed by atoms with Crippen molar-refractivity contribution in [2.45, 2.75) is 70.4 Å². The Morgan fingerprint density at radius 3 is 1.96 bits per heavy atom. The van der Waals surface area contributed by atoms with Crippen LogP contribution in [0.15, 0.2) is 91.0 Å². The summed E-state index contributed by atoms with van der Waals surface area (Å²) in [6.45, 7) is 5.10. The molecule has 4 amide bonds. The number of carbonyl (C=O) groups is 4. The second-order valence-corrected chi connectivity index (χ2v) is 11.7. The largest absolute Gasteiger partial charge is 0.434 e. The second-order valence-electron chi connectivity index (χ2n) is 11.7. The Hall–Kier alpha value is -4.70. The molecular formula is C35H42N4O6. The number of hydrogen-bond acceptors (Lipinski definition) is 6. The minimum atomic E-state index is -1.08. The van der Waals surface area contributed by atoms with Crippen LogP contribution in [0.1, 0.15) is 38.3 Å². The maximum absolute atomic E-state index is 13.5. The van der Waals surface area contributed by atoms with Crippen LogP contribution in [-0.4, -0.2) is 65.8 Å². The summed E-state index contributed by atoms with van der Waals surface area (Å²) in [5.41, 5.74) is 2.47. The zero-order chi connectivity index (χ0) is 32.3. The first-order valence-corrected chi connectivity index (χ1v) is 15.3. The molecule has 4 N–H and O–H groups in total. The fourth-order valence-corrected chi connectivity index (χ4v) is 5.44. The van der Waals surface area contributed by atoms with E-state index < -0.39 is 42.3 Å². The number of nitrogens with zero attached hydrogens (tertiary/aromatic N) is 1. The lowest BCUT2D eigenvalue weighted by Crippen LogP contribution is -2.54. The summed E-state index contributed by atoms with van der Waals surface area (Å²) in [4.78, 5) is 52.6. The van der Waals surface area contributed by atoms with Gasteiger partial charge in [0.1, 0.15) is 6.04 Å². The van der Waals surface area contributed by atoms with Crippen LogP contribution in [0.3, 0.4) is 0 Å². The van der Waals surface area contributed by atoms with Crippen LogP contribution in [0.5, 0.6) is 0 Å². The van der Waals surface area contributed by atoms with Gasteiger partial charge in [-0.15, -0.1) is 0 Å². The molecule has 3 aromatic carbocycles. The first kappa shape index (κ1) is 33.2. The fraction of sp³-hybridized carbons (Fsp3) is 0.371. The zero-order valence-electron chi connectivity index (χ0n) is 25.9. The third-order valence-corrected chi connectivity index (χ3v) is 7.77. The summed E-state index contributed by atoms with van der Waals surface area (Å²) in [6, 6.07) is 26.0. The van der Waals surface area contributed by atoms with E-state index in [1.807, 2.05) is 80.6 Å². The van der Waals surface area contributed by atoms with Crippen LogP contribution in [0.2, 0.25) is 0 Å². The minimum Gasteiger partial charge on any atom is -0.434 e. The van der Waals surface area contributed by atoms with Crippen molar-refractivity contribution in [3.63, 3.8) is 0 Å². The predicted octanol–water partition coefficient (Wildman–Crippen LogP) is 3.38. The summed E-state index contributed by atoms with van der Waals surface area (Å²) in [7, 11) is 0. The van der Waals surface area contributed by atoms with Crippen LogP contribution in [0.4, 0.5) is 10.5 Å². The van der Waals surface area contributed by atoms with Gasteiger partial charge >= 0.3 is 6.09 Å². The molecule has 45 heavy (non-hydrogen) atoms. The summed E-state index contributed by atoms with van der Waals surface area (Å²) in [5, 5.41) is 20.3. The van der Waals surface area contributed by atoms with E-state index in [0.717, 1.165) is 11.1 Å². The highest BCUT2D eigenvalue weighted by atomic mass is 16.6. The van der Waals surface area contributed by atoms with E-state index in [9.17, 15) is 24.3 Å². The molecule has 10 nitrogen and oxygen atoms in total. The van der Waals surface area contributed by atoms with Gasteiger partial charge in [-0.1, -0.05) is 92.7 Å². The molecule has 4 rings (SSSR count). The molecule has 1 fully saturated rings. The number of para-hydroxylation sites is 1. The van der Waals surface area contributed by atoms with E-state index in [4.69, 9.17) is 4.74 Å². The summed E-state index contributed by atoms with van der Waals surface area (Å²) < 4.78 is 5.42. The summed E-state index contributed by atoms with van der Waals surface area (Å²) >= 11 is 0. The average molecular weight is 615 g/mol. The molecule has 1 aliphatic rings. The number of rotatable bonds is 14. The number of anilines is 1. The topological polar surface area (TPSA) is 137 Å². The van der Waals surface area contributed by atoms with Crippen LogP contribution in [0.25, 0.3) is 0 Å². The molecule has 0 bridgehead atoms. The summed E-state index contributed by atoms with van der Waals surface area (Å²) in [5.74, 6) is -1.34. The quantitative estimate of drug-likeness (QED) is 0.220. The van der Waals surface area contributed by atoms with Crippen molar-refractivity contribution in [2.75, 3.05) is 11.4 Å². The summed E-state index contributed by atoms with van der Waals surface area (Å²) in [6.07, 6.45) is -1.91. The van der Waals surface area contributed by atoms with E-state index in [0.29, 0.717) is 18.5 Å². The smallest absolute Gasteiger partial charge is 0.415 e. The molecule has 0 saturated carbocycles. The molecule has 5 atom stereocenters. The van der Waals surface area contributed by atoms with Crippen LogP contribution < -0.4 is 20.9 Å². The number of nitrogens with one attached hydrogen (secondary N) is 3. The maximum Gasteiger partial charge on any atom is 0.415 e. The Kier molecular flexibility index (Phi) is 11.7. The van der Waals surface area contributed by atoms with Crippen molar-refractivity contribution in [3.05, 3.63) is 102 Å². The Morgan fingerprint density at radius 1 is 0.844 bits per heavy atom. The van der Waals surface area contributed by atoms with Crippen molar-refractivity contribution in [1.29, 1.82) is 0 Å². The molecular weight excluding hydrogens is 572 g/mol. The molecule has 1 aliphatic heterocycles. The van der Waals surface area contributed by atoms with Gasteiger partial charge in [-0.2, -0.15) is 0 Å². The Labute approximate surface area is 264 Å². The molecule has 0 radical (unpaired) electrons. The van der Waals surface area contributed by atoms with Gasteiger partial charge in [0.25, 0.3) is 5.91 Å². The van der Waals surface area contributed by atoms with E-state index in [1.165, 1.54) is 11.8 Å². The van der Waals surface area contributed by atoms with E-state index in [2.05, 4.69) is 16.0 Å². The van der Waals surface area contributed by atoms with Gasteiger partial charge in [0.15, 0.2) is 6.10 Å². The van der Waals surface area contributed by atoms with Gasteiger partial charge < -0.3 is 25.8 Å². The minimum absolute atomic E-state index is 0.0370. The van der Waals surface area contributed by atoms with E-state index in [-0.39, 0.29) is 30.7 Å². The van der Waals surface area contributed by atoms with Gasteiger partial charge in [0.2, 0.25) is 11.8 Å². The standard InChI is InChI=1S/C35H42N4O6/c1-23(2)32(36-24(3)40)34(43)37-27(19-25-13-7-4-8-14-25)21-30(41)29(20-26-15-9-5-10-16-26)38-33(42)31-22-39(35(44)45-31)28-17-11-6-12-18-28/h4-18,23,27,29-32,41H,19-22H2,1-3H3,(H,36,40)(H,37,43)(H,38,42)/t27-,29-,30-,31+,32-/m0/s1. The lowest BCUT2D eigenvalue weighted by atomic mass is 9.93. The van der Waals surface area contributed by atoms with Gasteiger partial charge in [-0.3, -0.25) is 19.3 Å². The molecule has 3 aromatic rings. The van der Waals surface area contributed by atoms with Crippen molar-refractivity contribution in [3.8, 4) is 0 Å². The SMILES string of the molecule is CC(=O)N[C@H](C(=O)N[C@@H](Cc1ccccc1)C[C@H](O)[C@H](Cc1ccccc1)NC(=O)[C@H]1CN(c2ccccc2)C(=O)O1)C(C)C. The van der Waals surface area contributed by atoms with Crippen LogP contribution in [-0.2, 0) is 32.0 Å². The Bertz CT molecular complexity index is 1420. The van der Waals surface area contributed by atoms with Crippen LogP contribution in [0, 0.1) is 5.92 Å². The zero-order valence-corrected chi connectivity index (χ0v) is 25.9. The molecule has 10 heteroatoms. The van der Waals surface area contributed by atoms with Gasteiger partial charge in [-0.25, -0.2) is 4.79 Å². The van der Waals surface area contributed by atoms with Crippen LogP contribution >= 0.6 is 0 Å². The van der Waals surface area contributed by atoms with E-state index >= 15 is 0 Å². The first-order valence-electron chi connectivity index (χ1n) is 15.3. The number of amides is 4. The maximum atomic E-state index is 13.5. The van der Waals surface area contributed by atoms with Crippen molar-refractivity contribution < 1.29 is 29.0 Å². The van der Waals surface area contributed by atoms with Crippen molar-refractivity contribution in [2.24, 2.45) is 5.92 Å². The highest BCUT2D eigenvalue weighted by Crippen LogP contribution is 2.22. The molecule has 1 heterocycles. The molecule has 1 saturated heterocycles. The highest BCUT2D eigenvalue weighted by molar-refractivity contribution is 5.95. The Balaban J connectivity index is 1.52. The molecule has 0 unspecified atom stereocenters. The number of cyclic esters (lactones) is 1. The third-order valence-electron chi connectivity index (χ3n) is 7.77. The molecule has 0 aliphatic carbocycles. The number of ether oxygens (including phenoxy) is 1. The third kappa shape index (κ3) is 9.64. The average Bonchev–Trinajstić information content (AvgIpc) is 3.42. The van der Waals surface area contributed by atoms with Gasteiger partial charge in [-0.05, 0) is 48.4 Å². The van der Waals surface area contributed by atoms with E-state index in [1.54, 1.807) is 24.3 Å². The second kappa shape index (κ2) is 15.9. The van der Waals surface area contributed by atoms with Crippen molar-refractivity contribution in [1.82, 2.24) is 16.0 Å². The normalized spacial score (nSPS) is 17.1. The van der Waals surface area contributed by atoms with Gasteiger partial charge in [0.05, 0.1) is 18.7 Å². The number of hydrogen-bond donors (Lipinski definition) is 4. The number of aliphatic hydroxyl groups is 1. The lowest BCUT2D eigenvalue weighted by molar-refractivity contribution is -0.130. The lowest BCUT2D eigenvalue weighted by Gasteiger charge is -2.30. The number of benzene rings is 3. The Morgan fingerprint density at radius 2 is 1.40 bits per heavy atom. The van der Waals surface area contributed by atoms with Crippen molar-refractivity contribution >= 4 is 29.5 Å². The molecule has 0 aromatic heterocycles.